The monoisotopic (exact) mass is 312 g/mol. The van der Waals surface area contributed by atoms with Crippen molar-refractivity contribution in [2.75, 3.05) is 25.0 Å². The van der Waals surface area contributed by atoms with E-state index in [-0.39, 0.29) is 12.5 Å². The lowest BCUT2D eigenvalue weighted by Crippen LogP contribution is -2.30. The Morgan fingerprint density at radius 1 is 1.04 bits per heavy atom. The molecule has 2 aromatic rings. The molecule has 0 fully saturated rings. The summed E-state index contributed by atoms with van der Waals surface area (Å²) in [5, 5.41) is 12.2. The van der Waals surface area contributed by atoms with Crippen molar-refractivity contribution in [2.45, 2.75) is 19.9 Å². The molecule has 2 rings (SSSR count). The van der Waals surface area contributed by atoms with Crippen molar-refractivity contribution in [2.24, 2.45) is 0 Å². The number of aryl methyl sites for hydroxylation is 1. The van der Waals surface area contributed by atoms with Crippen molar-refractivity contribution in [3.63, 3.8) is 0 Å². The van der Waals surface area contributed by atoms with E-state index in [1.54, 1.807) is 0 Å². The van der Waals surface area contributed by atoms with Crippen LogP contribution in [-0.2, 0) is 11.3 Å². The van der Waals surface area contributed by atoms with Gasteiger partial charge in [-0.15, -0.1) is 0 Å². The lowest BCUT2D eigenvalue weighted by molar-refractivity contribution is -0.116. The van der Waals surface area contributed by atoms with Crippen LogP contribution in [0.15, 0.2) is 54.6 Å². The molecule has 2 N–H and O–H groups in total. The van der Waals surface area contributed by atoms with E-state index in [2.05, 4.69) is 22.3 Å². The maximum absolute atomic E-state index is 12.1. The molecule has 0 aromatic heterocycles. The van der Waals surface area contributed by atoms with Gasteiger partial charge < -0.3 is 10.4 Å². The first-order valence-electron chi connectivity index (χ1n) is 7.91. The van der Waals surface area contributed by atoms with Gasteiger partial charge in [0.05, 0.1) is 6.61 Å². The molecule has 1 amide bonds. The van der Waals surface area contributed by atoms with E-state index in [9.17, 15) is 9.90 Å². The van der Waals surface area contributed by atoms with Crippen LogP contribution in [0.4, 0.5) is 5.69 Å². The smallest absolute Gasteiger partial charge is 0.225 e. The Kier molecular flexibility index (Phi) is 6.78. The van der Waals surface area contributed by atoms with Gasteiger partial charge in [0.1, 0.15) is 0 Å². The summed E-state index contributed by atoms with van der Waals surface area (Å²) in [6.07, 6.45) is 0.404. The zero-order chi connectivity index (χ0) is 16.5. The zero-order valence-electron chi connectivity index (χ0n) is 13.5. The number of carbonyl (C=O) groups is 1. The van der Waals surface area contributed by atoms with Crippen LogP contribution in [0.2, 0.25) is 0 Å². The third kappa shape index (κ3) is 5.85. The van der Waals surface area contributed by atoms with Gasteiger partial charge in [0.15, 0.2) is 0 Å². The molecule has 23 heavy (non-hydrogen) atoms. The minimum Gasteiger partial charge on any atom is -0.395 e. The van der Waals surface area contributed by atoms with Crippen LogP contribution < -0.4 is 5.32 Å². The Balaban J connectivity index is 1.85. The van der Waals surface area contributed by atoms with Crippen molar-refractivity contribution in [3.05, 3.63) is 65.7 Å². The van der Waals surface area contributed by atoms with Gasteiger partial charge in [-0.05, 0) is 24.1 Å². The summed E-state index contributed by atoms with van der Waals surface area (Å²) in [7, 11) is 0. The summed E-state index contributed by atoms with van der Waals surface area (Å²) in [5.41, 5.74) is 3.09. The first kappa shape index (κ1) is 17.2. The van der Waals surface area contributed by atoms with Crippen molar-refractivity contribution in [3.8, 4) is 0 Å². The highest BCUT2D eigenvalue weighted by Crippen LogP contribution is 2.13. The van der Waals surface area contributed by atoms with Crippen LogP contribution in [0, 0.1) is 6.92 Å². The van der Waals surface area contributed by atoms with Crippen LogP contribution in [0.5, 0.6) is 0 Å². The molecule has 0 unspecified atom stereocenters. The Bertz CT molecular complexity index is 614. The highest BCUT2D eigenvalue weighted by molar-refractivity contribution is 5.91. The number of carbonyl (C=O) groups excluding carboxylic acids is 1. The van der Waals surface area contributed by atoms with Crippen LogP contribution in [-0.4, -0.2) is 35.6 Å². The van der Waals surface area contributed by atoms with Crippen LogP contribution >= 0.6 is 0 Å². The van der Waals surface area contributed by atoms with E-state index >= 15 is 0 Å². The predicted octanol–water partition coefficient (Wildman–Crippen LogP) is 2.82. The number of anilines is 1. The van der Waals surface area contributed by atoms with E-state index < -0.39 is 0 Å². The van der Waals surface area contributed by atoms with Gasteiger partial charge in [0.25, 0.3) is 0 Å². The third-order valence-corrected chi connectivity index (χ3v) is 3.74. The molecular formula is C19H24N2O2. The van der Waals surface area contributed by atoms with Crippen molar-refractivity contribution in [1.29, 1.82) is 0 Å². The normalized spacial score (nSPS) is 10.7. The molecule has 0 saturated heterocycles. The summed E-state index contributed by atoms with van der Waals surface area (Å²) >= 11 is 0. The second-order valence-corrected chi connectivity index (χ2v) is 5.60. The topological polar surface area (TPSA) is 52.6 Å². The summed E-state index contributed by atoms with van der Waals surface area (Å²) in [6.45, 7) is 3.98. The minimum atomic E-state index is -0.00435. The van der Waals surface area contributed by atoms with Crippen LogP contribution in [0.3, 0.4) is 0 Å². The second kappa shape index (κ2) is 9.08. The van der Waals surface area contributed by atoms with Crippen LogP contribution in [0.1, 0.15) is 17.5 Å². The number of hydrogen-bond donors (Lipinski definition) is 2. The number of benzene rings is 2. The maximum Gasteiger partial charge on any atom is 0.225 e. The maximum atomic E-state index is 12.1. The van der Waals surface area contributed by atoms with Crippen LogP contribution in [0.25, 0.3) is 0 Å². The average Bonchev–Trinajstić information content (AvgIpc) is 2.56. The highest BCUT2D eigenvalue weighted by atomic mass is 16.3. The van der Waals surface area contributed by atoms with Crippen molar-refractivity contribution in [1.82, 2.24) is 4.90 Å². The Hall–Kier alpha value is -2.17. The Morgan fingerprint density at radius 3 is 2.43 bits per heavy atom. The molecule has 0 aliphatic rings. The standard InChI is InChI=1S/C19H24N2O2/c1-16-7-5-6-10-18(16)20-19(23)11-12-21(13-14-22)15-17-8-3-2-4-9-17/h2-10,22H,11-15H2,1H3,(H,20,23). The number of rotatable bonds is 8. The van der Waals surface area contributed by atoms with Crippen molar-refractivity contribution < 1.29 is 9.90 Å². The molecule has 0 aliphatic carbocycles. The fraction of sp³-hybridized carbons (Fsp3) is 0.316. The number of aliphatic hydroxyl groups excluding tert-OH is 1. The minimum absolute atomic E-state index is 0.00435. The van der Waals surface area contributed by atoms with Gasteiger partial charge in [-0.25, -0.2) is 0 Å². The summed E-state index contributed by atoms with van der Waals surface area (Å²) in [4.78, 5) is 14.2. The number of hydrogen-bond acceptors (Lipinski definition) is 3. The number of aliphatic hydroxyl groups is 1. The molecular weight excluding hydrogens is 288 g/mol. The number of nitrogens with zero attached hydrogens (tertiary/aromatic N) is 1. The molecule has 0 atom stereocenters. The molecule has 0 bridgehead atoms. The highest BCUT2D eigenvalue weighted by Gasteiger charge is 2.09. The average molecular weight is 312 g/mol. The quantitative estimate of drug-likeness (QED) is 0.788. The summed E-state index contributed by atoms with van der Waals surface area (Å²) in [6, 6.07) is 17.8. The van der Waals surface area contributed by atoms with E-state index in [0.717, 1.165) is 17.8 Å². The third-order valence-electron chi connectivity index (χ3n) is 3.74. The van der Waals surface area contributed by atoms with E-state index in [1.165, 1.54) is 5.56 Å². The Morgan fingerprint density at radius 2 is 1.74 bits per heavy atom. The first-order chi connectivity index (χ1) is 11.2. The van der Waals surface area contributed by atoms with Gasteiger partial charge in [0.2, 0.25) is 5.91 Å². The molecule has 0 radical (unpaired) electrons. The molecule has 4 heteroatoms. The van der Waals surface area contributed by atoms with Crippen molar-refractivity contribution >= 4 is 11.6 Å². The lowest BCUT2D eigenvalue weighted by Gasteiger charge is -2.21. The summed E-state index contributed by atoms with van der Waals surface area (Å²) in [5.74, 6) is -0.00435. The molecule has 4 nitrogen and oxygen atoms in total. The zero-order valence-corrected chi connectivity index (χ0v) is 13.5. The van der Waals surface area contributed by atoms with Gasteiger partial charge >= 0.3 is 0 Å². The van der Waals surface area contributed by atoms with Gasteiger partial charge in [-0.3, -0.25) is 9.69 Å². The van der Waals surface area contributed by atoms with Gasteiger partial charge in [-0.2, -0.15) is 0 Å². The molecule has 0 heterocycles. The molecule has 122 valence electrons. The van der Waals surface area contributed by atoms with E-state index in [0.29, 0.717) is 19.5 Å². The number of nitrogens with one attached hydrogen (secondary N) is 1. The van der Waals surface area contributed by atoms with Gasteiger partial charge in [-0.1, -0.05) is 48.5 Å². The predicted molar refractivity (Wildman–Crippen MR) is 93.2 cm³/mol. The second-order valence-electron chi connectivity index (χ2n) is 5.60. The summed E-state index contributed by atoms with van der Waals surface area (Å²) < 4.78 is 0. The van der Waals surface area contributed by atoms with E-state index in [1.807, 2.05) is 49.4 Å². The van der Waals surface area contributed by atoms with E-state index in [4.69, 9.17) is 0 Å². The molecule has 0 spiro atoms. The molecule has 0 aliphatic heterocycles. The number of para-hydroxylation sites is 1. The molecule has 0 saturated carbocycles. The Labute approximate surface area is 137 Å². The fourth-order valence-electron chi connectivity index (χ4n) is 2.44. The SMILES string of the molecule is Cc1ccccc1NC(=O)CCN(CCO)Cc1ccccc1. The molecule has 2 aromatic carbocycles. The fourth-order valence-corrected chi connectivity index (χ4v) is 2.44. The first-order valence-corrected chi connectivity index (χ1v) is 7.91. The lowest BCUT2D eigenvalue weighted by atomic mass is 10.2. The van der Waals surface area contributed by atoms with Gasteiger partial charge in [0, 0.05) is 31.7 Å². The number of amides is 1. The largest absolute Gasteiger partial charge is 0.395 e.